The summed E-state index contributed by atoms with van der Waals surface area (Å²) in [5.74, 6) is 0. The molecule has 0 radical (unpaired) electrons. The van der Waals surface area contributed by atoms with Gasteiger partial charge in [0.15, 0.2) is 0 Å². The molecule has 0 saturated carbocycles. The average Bonchev–Trinajstić information content (AvgIpc) is 2.84. The van der Waals surface area contributed by atoms with E-state index < -0.39 is 28.1 Å². The lowest BCUT2D eigenvalue weighted by molar-refractivity contribution is -0.696. The minimum absolute atomic E-state index is 0.106. The molecule has 0 spiro atoms. The lowest BCUT2D eigenvalue weighted by Gasteiger charge is -2.06. The first kappa shape index (κ1) is 22.4. The van der Waals surface area contributed by atoms with Gasteiger partial charge in [-0.3, -0.25) is 0 Å². The summed E-state index contributed by atoms with van der Waals surface area (Å²) >= 11 is 0. The van der Waals surface area contributed by atoms with Crippen molar-refractivity contribution in [3.8, 4) is 0 Å². The van der Waals surface area contributed by atoms with E-state index >= 15 is 0 Å². The van der Waals surface area contributed by atoms with Gasteiger partial charge in [-0.25, -0.2) is 22.3 Å². The second kappa shape index (κ2) is 9.06. The highest BCUT2D eigenvalue weighted by Gasteiger charge is 2.45. The van der Waals surface area contributed by atoms with Crippen LogP contribution in [0.4, 0.5) is 26.3 Å². The van der Waals surface area contributed by atoms with Gasteiger partial charge in [-0.15, -0.1) is 0 Å². The third-order valence-electron chi connectivity index (χ3n) is 2.44. The molecule has 0 atom stereocenters. The van der Waals surface area contributed by atoms with E-state index in [1.807, 2.05) is 0 Å². The lowest BCUT2D eigenvalue weighted by atomic mass is 10.3. The topological polar surface area (TPSA) is 55.0 Å². The molecule has 1 aromatic heterocycles. The van der Waals surface area contributed by atoms with Gasteiger partial charge in [0.2, 0.25) is 6.33 Å². The van der Waals surface area contributed by atoms with E-state index in [1.165, 1.54) is 11.6 Å². The number of rotatable bonds is 6. The van der Waals surface area contributed by atoms with Crippen LogP contribution in [0.3, 0.4) is 0 Å². The molecule has 0 aliphatic carbocycles. The summed E-state index contributed by atoms with van der Waals surface area (Å²) in [5, 5.41) is 0. The van der Waals surface area contributed by atoms with Crippen LogP contribution in [0.5, 0.6) is 0 Å². The second-order valence-electron chi connectivity index (χ2n) is 4.45. The molecule has 24 heavy (non-hydrogen) atoms. The molecule has 1 N–H and O–H groups in total. The van der Waals surface area contributed by atoms with Crippen molar-refractivity contribution >= 4 is 16.2 Å². The normalized spacial score (nSPS) is 12.5. The highest BCUT2D eigenvalue weighted by atomic mass is 32.2. The zero-order chi connectivity index (χ0) is 19.0. The Morgan fingerprint density at radius 3 is 2.17 bits per heavy atom. The van der Waals surface area contributed by atoms with Crippen molar-refractivity contribution in [2.75, 3.05) is 6.54 Å². The fraction of sp³-hybridized carbons (Fsp3) is 0.583. The number of hydrogen-bond donors (Lipinski definition) is 1. The summed E-state index contributed by atoms with van der Waals surface area (Å²) in [6.45, 7) is 4.91. The highest BCUT2D eigenvalue weighted by molar-refractivity contribution is 7.90. The first-order valence-corrected chi connectivity index (χ1v) is 8.12. The number of aromatic nitrogens is 2. The summed E-state index contributed by atoms with van der Waals surface area (Å²) in [7, 11) is -5.10. The zero-order valence-electron chi connectivity index (χ0n) is 12.7. The molecular formula is C12H18F6N3O2S+. The quantitative estimate of drug-likeness (QED) is 0.608. The number of nitrogens with one attached hydrogen (secondary N) is 1. The van der Waals surface area contributed by atoms with Gasteiger partial charge in [0.25, 0.3) is 0 Å². The largest absolute Gasteiger partial charge is 0.511 e. The number of aryl methyl sites for hydroxylation is 1. The first-order valence-electron chi connectivity index (χ1n) is 6.64. The Labute approximate surface area is 135 Å². The van der Waals surface area contributed by atoms with E-state index in [0.29, 0.717) is 6.54 Å². The maximum atomic E-state index is 11.8. The molecule has 0 bridgehead atoms. The number of nitrogens with zero attached hydrogens (tertiary/aromatic N) is 2. The number of halogens is 6. The van der Waals surface area contributed by atoms with E-state index in [4.69, 9.17) is 0 Å². The number of imidazole rings is 1. The first-order chi connectivity index (χ1) is 10.8. The van der Waals surface area contributed by atoms with Crippen LogP contribution in [-0.4, -0.2) is 31.2 Å². The van der Waals surface area contributed by atoms with Crippen LogP contribution in [0.25, 0.3) is 6.20 Å². The summed E-state index contributed by atoms with van der Waals surface area (Å²) in [6.07, 6.45) is 2.05. The third kappa shape index (κ3) is 8.91. The van der Waals surface area contributed by atoms with Crippen molar-refractivity contribution in [3.63, 3.8) is 0 Å². The van der Waals surface area contributed by atoms with Crippen LogP contribution in [0.15, 0.2) is 25.3 Å². The molecule has 0 unspecified atom stereocenters. The van der Waals surface area contributed by atoms with Crippen molar-refractivity contribution in [2.45, 2.75) is 38.0 Å². The number of hydrogen-bond acceptors (Lipinski definition) is 2. The van der Waals surface area contributed by atoms with Gasteiger partial charge in [0.05, 0.1) is 12.7 Å². The molecule has 0 aromatic carbocycles. The minimum Gasteiger partial charge on any atom is -0.236 e. The molecule has 5 nitrogen and oxygen atoms in total. The minimum atomic E-state index is -5.19. The predicted octanol–water partition coefficient (Wildman–Crippen LogP) is 2.66. The van der Waals surface area contributed by atoms with Gasteiger partial charge < -0.3 is 0 Å². The van der Waals surface area contributed by atoms with Crippen molar-refractivity contribution in [3.05, 3.63) is 25.3 Å². The Balaban J connectivity index is 0.000000470. The molecule has 0 aliphatic heterocycles. The molecule has 12 heteroatoms. The molecule has 1 rings (SSSR count). The second-order valence-corrected chi connectivity index (χ2v) is 6.21. The molecule has 1 heterocycles. The molecule has 0 amide bonds. The molecular weight excluding hydrogens is 364 g/mol. The standard InChI is InChI=1S/C9H12F3N2.C3H6F3NO2S/c1-2-13-6-7-14(8-13)5-3-4-9(10,11)12;1-2-7-10(8,9)3(4,5)6/h2,6-8H,1,3-5H2;7H,2H2,1H3/q+1;. The Hall–Kier alpha value is -1.56. The van der Waals surface area contributed by atoms with Crippen LogP contribution in [0.1, 0.15) is 19.8 Å². The maximum absolute atomic E-state index is 11.8. The molecule has 140 valence electrons. The van der Waals surface area contributed by atoms with Crippen molar-refractivity contribution in [1.82, 2.24) is 9.29 Å². The Morgan fingerprint density at radius 1 is 1.25 bits per heavy atom. The zero-order valence-corrected chi connectivity index (χ0v) is 13.5. The van der Waals surface area contributed by atoms with Gasteiger partial charge >= 0.3 is 21.7 Å². The van der Waals surface area contributed by atoms with E-state index in [1.54, 1.807) is 34.1 Å². The van der Waals surface area contributed by atoms with Gasteiger partial charge in [-0.2, -0.15) is 26.3 Å². The maximum Gasteiger partial charge on any atom is 0.511 e. The van der Waals surface area contributed by atoms with Crippen molar-refractivity contribution < 1.29 is 39.3 Å². The van der Waals surface area contributed by atoms with E-state index in [0.717, 1.165) is 0 Å². The fourth-order valence-electron chi connectivity index (χ4n) is 1.39. The van der Waals surface area contributed by atoms with E-state index in [9.17, 15) is 34.8 Å². The van der Waals surface area contributed by atoms with Crippen molar-refractivity contribution in [2.24, 2.45) is 0 Å². The molecule has 0 aliphatic rings. The average molecular weight is 382 g/mol. The lowest BCUT2D eigenvalue weighted by Crippen LogP contribution is -2.36. The summed E-state index contributed by atoms with van der Waals surface area (Å²) in [4.78, 5) is 0. The predicted molar refractivity (Wildman–Crippen MR) is 75.0 cm³/mol. The van der Waals surface area contributed by atoms with E-state index in [-0.39, 0.29) is 13.0 Å². The number of sulfonamides is 1. The van der Waals surface area contributed by atoms with Crippen LogP contribution >= 0.6 is 0 Å². The Morgan fingerprint density at radius 2 is 1.83 bits per heavy atom. The summed E-state index contributed by atoms with van der Waals surface area (Å²) < 4.78 is 94.2. The van der Waals surface area contributed by atoms with Crippen LogP contribution in [0.2, 0.25) is 0 Å². The molecule has 0 fully saturated rings. The smallest absolute Gasteiger partial charge is 0.236 e. The van der Waals surface area contributed by atoms with Gasteiger partial charge in [0.1, 0.15) is 12.4 Å². The van der Waals surface area contributed by atoms with Gasteiger partial charge in [0, 0.05) is 13.0 Å². The monoisotopic (exact) mass is 382 g/mol. The summed E-state index contributed by atoms with van der Waals surface area (Å²) in [5.41, 5.74) is -5.19. The Kier molecular flexibility index (Phi) is 8.47. The fourth-order valence-corrected chi connectivity index (χ4v) is 1.93. The Bertz CT molecular complexity index is 607. The van der Waals surface area contributed by atoms with Crippen LogP contribution in [0, 0.1) is 0 Å². The highest BCUT2D eigenvalue weighted by Crippen LogP contribution is 2.21. The van der Waals surface area contributed by atoms with Crippen LogP contribution < -0.4 is 9.29 Å². The summed E-state index contributed by atoms with van der Waals surface area (Å²) in [6, 6.07) is 0. The number of alkyl halides is 6. The van der Waals surface area contributed by atoms with E-state index in [2.05, 4.69) is 6.58 Å². The van der Waals surface area contributed by atoms with Crippen LogP contribution in [-0.2, 0) is 16.6 Å². The SMILES string of the molecule is C=Cn1cc[n+](CCCC(F)(F)F)c1.CCNS(=O)(=O)C(F)(F)F. The molecule has 1 aromatic rings. The molecule has 0 saturated heterocycles. The third-order valence-corrected chi connectivity index (χ3v) is 3.72. The van der Waals surface area contributed by atoms with Crippen molar-refractivity contribution in [1.29, 1.82) is 0 Å². The van der Waals surface area contributed by atoms with Gasteiger partial charge in [-0.1, -0.05) is 13.5 Å². The van der Waals surface area contributed by atoms with Gasteiger partial charge in [-0.05, 0) is 6.42 Å².